The lowest BCUT2D eigenvalue weighted by atomic mass is 9.46. The van der Waals surface area contributed by atoms with Gasteiger partial charge in [-0.25, -0.2) is 0 Å². The molecule has 4 aliphatic rings. The zero-order valence-electron chi connectivity index (χ0n) is 26.0. The van der Waals surface area contributed by atoms with Crippen molar-refractivity contribution in [2.75, 3.05) is 6.54 Å². The molecule has 0 amide bonds. The van der Waals surface area contributed by atoms with E-state index in [1.807, 2.05) is 12.5 Å². The van der Waals surface area contributed by atoms with E-state index in [4.69, 9.17) is 0 Å². The summed E-state index contributed by atoms with van der Waals surface area (Å²) >= 11 is 0. The van der Waals surface area contributed by atoms with E-state index in [9.17, 15) is 0 Å². The van der Waals surface area contributed by atoms with Gasteiger partial charge in [0.2, 0.25) is 0 Å². The maximum absolute atomic E-state index is 4.33. The molecule has 3 fully saturated rings. The summed E-state index contributed by atoms with van der Waals surface area (Å²) in [6.07, 6.45) is 22.8. The van der Waals surface area contributed by atoms with Crippen LogP contribution >= 0.6 is 0 Å². The molecule has 0 saturated heterocycles. The zero-order valence-corrected chi connectivity index (χ0v) is 26.0. The molecule has 0 aliphatic heterocycles. The van der Waals surface area contributed by atoms with Gasteiger partial charge in [0.05, 0.1) is 0 Å². The highest BCUT2D eigenvalue weighted by Crippen LogP contribution is 2.67. The fourth-order valence-electron chi connectivity index (χ4n) is 9.66. The predicted molar refractivity (Wildman–Crippen MR) is 164 cm³/mol. The van der Waals surface area contributed by atoms with Crippen LogP contribution in [0, 0.1) is 52.3 Å². The molecule has 1 nitrogen and oxygen atoms in total. The van der Waals surface area contributed by atoms with Gasteiger partial charge in [-0.2, -0.15) is 0 Å². The minimum atomic E-state index is 0.486. The van der Waals surface area contributed by atoms with Crippen LogP contribution in [0.3, 0.4) is 0 Å². The maximum Gasteiger partial charge on any atom is 0.0141 e. The molecular formula is C36H63N. The Labute approximate surface area is 232 Å². The average molecular weight is 510 g/mol. The third-order valence-electron chi connectivity index (χ3n) is 11.6. The Bertz CT molecular complexity index is 776. The molecule has 37 heavy (non-hydrogen) atoms. The molecule has 3 saturated carbocycles. The van der Waals surface area contributed by atoms with E-state index >= 15 is 0 Å². The highest BCUT2D eigenvalue weighted by Gasteiger charge is 2.59. The second-order valence-electron chi connectivity index (χ2n) is 14.5. The van der Waals surface area contributed by atoms with E-state index in [2.05, 4.69) is 66.1 Å². The van der Waals surface area contributed by atoms with Gasteiger partial charge in [0.1, 0.15) is 0 Å². The monoisotopic (exact) mass is 509 g/mol. The summed E-state index contributed by atoms with van der Waals surface area (Å²) in [6, 6.07) is 0. The lowest BCUT2D eigenvalue weighted by Gasteiger charge is -2.58. The van der Waals surface area contributed by atoms with E-state index in [-0.39, 0.29) is 0 Å². The van der Waals surface area contributed by atoms with Crippen molar-refractivity contribution in [1.29, 1.82) is 0 Å². The summed E-state index contributed by atoms with van der Waals surface area (Å²) in [5.41, 5.74) is 4.21. The van der Waals surface area contributed by atoms with Crippen molar-refractivity contribution in [3.63, 3.8) is 0 Å². The normalized spacial score (nSPS) is 37.3. The van der Waals surface area contributed by atoms with Gasteiger partial charge in [-0.3, -0.25) is 0 Å². The van der Waals surface area contributed by atoms with Gasteiger partial charge < -0.3 is 5.32 Å². The van der Waals surface area contributed by atoms with Gasteiger partial charge in [-0.15, -0.1) is 6.58 Å². The maximum atomic E-state index is 4.33. The van der Waals surface area contributed by atoms with E-state index in [0.29, 0.717) is 10.8 Å². The number of rotatable bonds is 10. The van der Waals surface area contributed by atoms with Crippen LogP contribution in [0.5, 0.6) is 0 Å². The van der Waals surface area contributed by atoms with Gasteiger partial charge in [0.15, 0.2) is 0 Å². The summed E-state index contributed by atoms with van der Waals surface area (Å²) in [4.78, 5) is 0. The molecule has 0 radical (unpaired) electrons. The second kappa shape index (κ2) is 13.4. The van der Waals surface area contributed by atoms with Crippen LogP contribution in [0.15, 0.2) is 36.6 Å². The zero-order chi connectivity index (χ0) is 27.2. The van der Waals surface area contributed by atoms with Gasteiger partial charge in [0.25, 0.3) is 0 Å². The topological polar surface area (TPSA) is 12.0 Å². The Morgan fingerprint density at radius 2 is 1.81 bits per heavy atom. The standard InChI is InChI=1S/C33H57N.C3H6/c1-8-20-34-25(5)21-26-16-18-32(6)27(22-26)12-13-28-30-15-14-29(24(4)11-9-10-23(2)3)33(30,7)19-17-31(28)32;1-3-2/h12,23-24,26,28-31,34H,5,8-11,13-22H2,1-4,6-7H3;3H,1H2,2H3/t24-,26?,28?,29?,30?,31?,32?,33?;/m1./s1. The van der Waals surface area contributed by atoms with E-state index in [1.54, 1.807) is 6.08 Å². The Kier molecular flexibility index (Phi) is 11.1. The minimum Gasteiger partial charge on any atom is -0.389 e. The highest BCUT2D eigenvalue weighted by molar-refractivity contribution is 5.25. The van der Waals surface area contributed by atoms with Crippen LogP contribution in [0.25, 0.3) is 0 Å². The molecule has 4 rings (SSSR count). The van der Waals surface area contributed by atoms with Gasteiger partial charge in [-0.1, -0.05) is 85.1 Å². The van der Waals surface area contributed by atoms with Crippen molar-refractivity contribution in [2.24, 2.45) is 52.3 Å². The van der Waals surface area contributed by atoms with Crippen LogP contribution < -0.4 is 5.32 Å². The van der Waals surface area contributed by atoms with Crippen molar-refractivity contribution >= 4 is 0 Å². The summed E-state index contributed by atoms with van der Waals surface area (Å²) in [5, 5.41) is 3.55. The molecule has 4 aliphatic carbocycles. The summed E-state index contributed by atoms with van der Waals surface area (Å²) < 4.78 is 0. The van der Waals surface area contributed by atoms with Crippen molar-refractivity contribution in [3.05, 3.63) is 36.6 Å². The largest absolute Gasteiger partial charge is 0.389 e. The molecule has 0 heterocycles. The van der Waals surface area contributed by atoms with Gasteiger partial charge in [0, 0.05) is 12.2 Å². The molecule has 212 valence electrons. The average Bonchev–Trinajstić information content (AvgIpc) is 3.20. The summed E-state index contributed by atoms with van der Waals surface area (Å²) in [7, 11) is 0. The number of hydrogen-bond acceptors (Lipinski definition) is 1. The van der Waals surface area contributed by atoms with Crippen molar-refractivity contribution in [1.82, 2.24) is 5.32 Å². The van der Waals surface area contributed by atoms with Crippen molar-refractivity contribution < 1.29 is 0 Å². The third kappa shape index (κ3) is 6.78. The molecule has 0 bridgehead atoms. The van der Waals surface area contributed by atoms with Crippen LogP contribution in [-0.2, 0) is 0 Å². The van der Waals surface area contributed by atoms with Crippen LogP contribution in [0.1, 0.15) is 132 Å². The molecule has 0 aromatic rings. The van der Waals surface area contributed by atoms with Gasteiger partial charge >= 0.3 is 0 Å². The van der Waals surface area contributed by atoms with Crippen molar-refractivity contribution in [3.8, 4) is 0 Å². The Morgan fingerprint density at radius 1 is 1.08 bits per heavy atom. The van der Waals surface area contributed by atoms with E-state index in [0.717, 1.165) is 48.0 Å². The third-order valence-corrected chi connectivity index (χ3v) is 11.6. The predicted octanol–water partition coefficient (Wildman–Crippen LogP) is 10.7. The van der Waals surface area contributed by atoms with E-state index in [1.165, 1.54) is 89.2 Å². The summed E-state index contributed by atoms with van der Waals surface area (Å²) in [5.74, 6) is 6.44. The Hall–Kier alpha value is -0.980. The lowest BCUT2D eigenvalue weighted by Crippen LogP contribution is -2.50. The van der Waals surface area contributed by atoms with E-state index < -0.39 is 0 Å². The molecular weight excluding hydrogens is 446 g/mol. The molecule has 1 N–H and O–H groups in total. The smallest absolute Gasteiger partial charge is 0.0141 e. The number of hydrogen-bond donors (Lipinski definition) is 1. The number of fused-ring (bicyclic) bond motifs is 5. The van der Waals surface area contributed by atoms with Crippen LogP contribution in [0.2, 0.25) is 0 Å². The molecule has 7 unspecified atom stereocenters. The number of nitrogens with one attached hydrogen (secondary N) is 1. The van der Waals surface area contributed by atoms with Crippen LogP contribution in [-0.4, -0.2) is 6.54 Å². The summed E-state index contributed by atoms with van der Waals surface area (Å²) in [6.45, 7) is 25.7. The first-order valence-corrected chi connectivity index (χ1v) is 16.3. The highest BCUT2D eigenvalue weighted by atomic mass is 14.9. The molecule has 0 aromatic heterocycles. The first kappa shape index (κ1) is 30.6. The fourth-order valence-corrected chi connectivity index (χ4v) is 9.66. The van der Waals surface area contributed by atoms with Gasteiger partial charge in [-0.05, 0) is 123 Å². The SMILES string of the molecule is C=C(CC1CCC2(C)C(=CCC3C2CCC2(C)C3CCC2[C@H](C)CCCC(C)C)C1)NCCC.C=CC. The molecule has 0 aromatic carbocycles. The fraction of sp³-hybridized carbons (Fsp3) is 0.833. The Morgan fingerprint density at radius 3 is 2.49 bits per heavy atom. The quantitative estimate of drug-likeness (QED) is 0.289. The Balaban J connectivity index is 0.00000121. The van der Waals surface area contributed by atoms with Crippen LogP contribution in [0.4, 0.5) is 0 Å². The molecule has 1 heteroatoms. The first-order valence-electron chi connectivity index (χ1n) is 16.3. The lowest BCUT2D eigenvalue weighted by molar-refractivity contribution is -0.0527. The molecule has 8 atom stereocenters. The van der Waals surface area contributed by atoms with Crippen molar-refractivity contribution in [2.45, 2.75) is 132 Å². The first-order chi connectivity index (χ1) is 17.6. The minimum absolute atomic E-state index is 0.486. The second-order valence-corrected chi connectivity index (χ2v) is 14.5. The molecule has 0 spiro atoms. The number of allylic oxidation sites excluding steroid dienone is 4.